The highest BCUT2D eigenvalue weighted by Crippen LogP contribution is 2.37. The van der Waals surface area contributed by atoms with Crippen LogP contribution >= 0.6 is 0 Å². The van der Waals surface area contributed by atoms with E-state index in [0.717, 1.165) is 41.0 Å². The Hall–Kier alpha value is -2.90. The smallest absolute Gasteiger partial charge is 0.280 e. The summed E-state index contributed by atoms with van der Waals surface area (Å²) in [5.41, 5.74) is 3.61. The maximum Gasteiger partial charge on any atom is 0.280 e. The van der Waals surface area contributed by atoms with E-state index in [9.17, 15) is 8.78 Å². The first-order valence-electron chi connectivity index (χ1n) is 8.92. The number of benzene rings is 1. The number of halogens is 2. The van der Waals surface area contributed by atoms with Crippen LogP contribution in [0.25, 0.3) is 11.4 Å². The molecule has 8 heteroatoms. The first-order valence-corrected chi connectivity index (χ1v) is 8.92. The molecule has 1 atom stereocenters. The van der Waals surface area contributed by atoms with E-state index in [2.05, 4.69) is 25.8 Å². The van der Waals surface area contributed by atoms with Gasteiger partial charge in [0, 0.05) is 17.4 Å². The highest BCUT2D eigenvalue weighted by Gasteiger charge is 2.28. The SMILES string of the molecule is Cc1ccc(NC(C)c2ccc(C(F)F)nc2)cc1-c1nnnn1C1CC1. The maximum absolute atomic E-state index is 12.7. The summed E-state index contributed by atoms with van der Waals surface area (Å²) in [7, 11) is 0. The minimum atomic E-state index is -2.56. The summed E-state index contributed by atoms with van der Waals surface area (Å²) in [6.07, 6.45) is 1.14. The second kappa shape index (κ2) is 7.02. The van der Waals surface area contributed by atoms with Gasteiger partial charge in [-0.1, -0.05) is 12.1 Å². The lowest BCUT2D eigenvalue weighted by atomic mass is 10.1. The van der Waals surface area contributed by atoms with Crippen LogP contribution in [-0.4, -0.2) is 25.2 Å². The van der Waals surface area contributed by atoms with E-state index in [1.807, 2.05) is 36.7 Å². The van der Waals surface area contributed by atoms with Crippen molar-refractivity contribution >= 4 is 5.69 Å². The van der Waals surface area contributed by atoms with E-state index >= 15 is 0 Å². The van der Waals surface area contributed by atoms with Crippen LogP contribution in [0.1, 0.15) is 55.1 Å². The van der Waals surface area contributed by atoms with Crippen molar-refractivity contribution in [2.24, 2.45) is 0 Å². The summed E-state index contributed by atoms with van der Waals surface area (Å²) in [5, 5.41) is 15.6. The van der Waals surface area contributed by atoms with Gasteiger partial charge in [-0.05, 0) is 66.4 Å². The molecule has 0 bridgehead atoms. The number of tetrazole rings is 1. The van der Waals surface area contributed by atoms with E-state index in [4.69, 9.17) is 0 Å². The zero-order valence-electron chi connectivity index (χ0n) is 15.1. The largest absolute Gasteiger partial charge is 0.378 e. The van der Waals surface area contributed by atoms with Gasteiger partial charge in [0.15, 0.2) is 5.82 Å². The number of anilines is 1. The highest BCUT2D eigenvalue weighted by atomic mass is 19.3. The topological polar surface area (TPSA) is 68.5 Å². The van der Waals surface area contributed by atoms with Crippen LogP contribution in [0.3, 0.4) is 0 Å². The van der Waals surface area contributed by atoms with Crippen molar-refractivity contribution in [2.45, 2.75) is 45.2 Å². The van der Waals surface area contributed by atoms with Crippen LogP contribution in [0.4, 0.5) is 14.5 Å². The molecule has 0 radical (unpaired) electrons. The van der Waals surface area contributed by atoms with Gasteiger partial charge in [-0.15, -0.1) is 5.10 Å². The van der Waals surface area contributed by atoms with Gasteiger partial charge >= 0.3 is 0 Å². The average Bonchev–Trinajstić information content (AvgIpc) is 3.40. The predicted molar refractivity (Wildman–Crippen MR) is 97.5 cm³/mol. The molecule has 3 aromatic rings. The monoisotopic (exact) mass is 370 g/mol. The molecule has 0 amide bonds. The summed E-state index contributed by atoms with van der Waals surface area (Å²) < 4.78 is 27.2. The van der Waals surface area contributed by atoms with Crippen LogP contribution in [0, 0.1) is 6.92 Å². The fourth-order valence-corrected chi connectivity index (χ4v) is 3.02. The lowest BCUT2D eigenvalue weighted by Gasteiger charge is -2.17. The molecule has 0 spiro atoms. The first kappa shape index (κ1) is 17.5. The predicted octanol–water partition coefficient (Wildman–Crippen LogP) is 4.49. The molecular formula is C19H20F2N6. The lowest BCUT2D eigenvalue weighted by Crippen LogP contribution is -2.08. The molecule has 6 nitrogen and oxygen atoms in total. The first-order chi connectivity index (χ1) is 13.0. The molecule has 140 valence electrons. The number of rotatable bonds is 6. The van der Waals surface area contributed by atoms with E-state index in [1.165, 1.54) is 12.3 Å². The number of aryl methyl sites for hydroxylation is 1. The second-order valence-corrected chi connectivity index (χ2v) is 6.89. The second-order valence-electron chi connectivity index (χ2n) is 6.89. The Labute approximate surface area is 155 Å². The molecule has 0 saturated heterocycles. The molecule has 1 fully saturated rings. The van der Waals surface area contributed by atoms with Crippen molar-refractivity contribution < 1.29 is 8.78 Å². The number of hydrogen-bond acceptors (Lipinski definition) is 5. The van der Waals surface area contributed by atoms with Crippen LogP contribution < -0.4 is 5.32 Å². The Morgan fingerprint density at radius 2 is 2.00 bits per heavy atom. The van der Waals surface area contributed by atoms with Gasteiger partial charge in [0.25, 0.3) is 6.43 Å². The fraction of sp³-hybridized carbons (Fsp3) is 0.368. The number of alkyl halides is 2. The summed E-state index contributed by atoms with van der Waals surface area (Å²) >= 11 is 0. The molecule has 1 unspecified atom stereocenters. The third kappa shape index (κ3) is 3.65. The van der Waals surface area contributed by atoms with Crippen LogP contribution in [0.2, 0.25) is 0 Å². The molecule has 27 heavy (non-hydrogen) atoms. The van der Waals surface area contributed by atoms with Crippen molar-refractivity contribution in [3.8, 4) is 11.4 Å². The number of pyridine rings is 1. The zero-order chi connectivity index (χ0) is 19.0. The summed E-state index contributed by atoms with van der Waals surface area (Å²) in [6.45, 7) is 3.99. The molecule has 2 heterocycles. The van der Waals surface area contributed by atoms with Crippen molar-refractivity contribution in [2.75, 3.05) is 5.32 Å². The minimum absolute atomic E-state index is 0.0841. The van der Waals surface area contributed by atoms with Crippen LogP contribution in [-0.2, 0) is 0 Å². The van der Waals surface area contributed by atoms with Gasteiger partial charge in [0.05, 0.1) is 12.1 Å². The molecule has 1 N–H and O–H groups in total. The Morgan fingerprint density at radius 1 is 1.19 bits per heavy atom. The molecule has 1 aromatic carbocycles. The summed E-state index contributed by atoms with van der Waals surface area (Å²) in [5.74, 6) is 0.772. The molecule has 0 aliphatic heterocycles. The van der Waals surface area contributed by atoms with Crippen molar-refractivity contribution in [3.05, 3.63) is 53.3 Å². The Kier molecular flexibility index (Phi) is 4.55. The number of aromatic nitrogens is 5. The lowest BCUT2D eigenvalue weighted by molar-refractivity contribution is 0.146. The van der Waals surface area contributed by atoms with E-state index < -0.39 is 6.43 Å². The molecule has 2 aromatic heterocycles. The standard InChI is InChI=1S/C19H20F2N6/c1-11-3-5-14(9-16(11)19-24-25-26-27(19)15-6-7-15)23-12(2)13-4-8-17(18(20)21)22-10-13/h3-5,8-10,12,15,18,23H,6-7H2,1-2H3. The number of nitrogens with one attached hydrogen (secondary N) is 1. The molecule has 1 saturated carbocycles. The van der Waals surface area contributed by atoms with Gasteiger partial charge in [-0.2, -0.15) is 0 Å². The van der Waals surface area contributed by atoms with E-state index in [-0.39, 0.29) is 11.7 Å². The van der Waals surface area contributed by atoms with Gasteiger partial charge in [0.2, 0.25) is 0 Å². The Balaban J connectivity index is 1.56. The summed E-state index contributed by atoms with van der Waals surface area (Å²) in [6, 6.07) is 9.38. The van der Waals surface area contributed by atoms with Crippen LogP contribution in [0.5, 0.6) is 0 Å². The van der Waals surface area contributed by atoms with Gasteiger partial charge < -0.3 is 5.32 Å². The van der Waals surface area contributed by atoms with Crippen molar-refractivity contribution in [3.63, 3.8) is 0 Å². The normalized spacial score (nSPS) is 15.1. The third-order valence-electron chi connectivity index (χ3n) is 4.78. The molecule has 1 aliphatic carbocycles. The number of nitrogens with zero attached hydrogens (tertiary/aromatic N) is 5. The zero-order valence-corrected chi connectivity index (χ0v) is 15.1. The van der Waals surface area contributed by atoms with Crippen molar-refractivity contribution in [1.29, 1.82) is 0 Å². The highest BCUT2D eigenvalue weighted by molar-refractivity contribution is 5.66. The van der Waals surface area contributed by atoms with Crippen LogP contribution in [0.15, 0.2) is 36.5 Å². The molecular weight excluding hydrogens is 350 g/mol. The third-order valence-corrected chi connectivity index (χ3v) is 4.78. The molecule has 1 aliphatic rings. The van der Waals surface area contributed by atoms with Gasteiger partial charge in [-0.3, -0.25) is 4.98 Å². The average molecular weight is 370 g/mol. The number of hydrogen-bond donors (Lipinski definition) is 1. The minimum Gasteiger partial charge on any atom is -0.378 e. The van der Waals surface area contributed by atoms with E-state index in [0.29, 0.717) is 6.04 Å². The molecule has 4 rings (SSSR count). The Bertz CT molecular complexity index is 934. The Morgan fingerprint density at radius 3 is 2.67 bits per heavy atom. The quantitative estimate of drug-likeness (QED) is 0.692. The maximum atomic E-state index is 12.7. The van der Waals surface area contributed by atoms with Gasteiger partial charge in [0.1, 0.15) is 5.69 Å². The van der Waals surface area contributed by atoms with E-state index in [1.54, 1.807) is 6.07 Å². The van der Waals surface area contributed by atoms with Gasteiger partial charge in [-0.25, -0.2) is 13.5 Å². The van der Waals surface area contributed by atoms with Crippen molar-refractivity contribution in [1.82, 2.24) is 25.2 Å². The fourth-order valence-electron chi connectivity index (χ4n) is 3.02. The summed E-state index contributed by atoms with van der Waals surface area (Å²) in [4.78, 5) is 3.83.